The van der Waals surface area contributed by atoms with Gasteiger partial charge in [0.25, 0.3) is 0 Å². The number of benzene rings is 1. The van der Waals surface area contributed by atoms with E-state index in [9.17, 15) is 14.9 Å². The first-order valence-electron chi connectivity index (χ1n) is 9.35. The second-order valence-corrected chi connectivity index (χ2v) is 7.77. The van der Waals surface area contributed by atoms with E-state index < -0.39 is 35.6 Å². The minimum Gasteiger partial charge on any atom is -0.465 e. The first-order valence-corrected chi connectivity index (χ1v) is 9.35. The summed E-state index contributed by atoms with van der Waals surface area (Å²) in [5.41, 5.74) is 0.988. The molecule has 1 N–H and O–H groups in total. The third-order valence-corrected chi connectivity index (χ3v) is 5.49. The summed E-state index contributed by atoms with van der Waals surface area (Å²) in [4.78, 5) is 24.5. The Morgan fingerprint density at radius 2 is 1.96 bits per heavy atom. The molecule has 27 heavy (non-hydrogen) atoms. The van der Waals surface area contributed by atoms with Crippen LogP contribution in [0.2, 0.25) is 0 Å². The Morgan fingerprint density at radius 3 is 2.48 bits per heavy atom. The maximum Gasteiger partial charge on any atom is 0.323 e. The van der Waals surface area contributed by atoms with Crippen LogP contribution in [-0.4, -0.2) is 42.3 Å². The number of rotatable bonds is 7. The van der Waals surface area contributed by atoms with E-state index in [1.807, 2.05) is 38.1 Å². The van der Waals surface area contributed by atoms with Gasteiger partial charge in [-0.3, -0.25) is 20.2 Å². The van der Waals surface area contributed by atoms with Crippen molar-refractivity contribution in [3.05, 3.63) is 45.5 Å². The van der Waals surface area contributed by atoms with E-state index in [0.29, 0.717) is 0 Å². The highest BCUT2D eigenvalue weighted by Crippen LogP contribution is 2.42. The summed E-state index contributed by atoms with van der Waals surface area (Å²) in [7, 11) is 1.51. The second kappa shape index (κ2) is 8.35. The normalized spacial score (nSPS) is 25.6. The molecule has 0 aliphatic carbocycles. The Balaban J connectivity index is 2.59. The van der Waals surface area contributed by atoms with Crippen molar-refractivity contribution in [3.63, 3.8) is 0 Å². The van der Waals surface area contributed by atoms with Crippen LogP contribution in [0.1, 0.15) is 57.7 Å². The highest BCUT2D eigenvalue weighted by molar-refractivity contribution is 5.77. The molecule has 1 aliphatic heterocycles. The molecule has 7 nitrogen and oxygen atoms in total. The van der Waals surface area contributed by atoms with Crippen molar-refractivity contribution in [2.24, 2.45) is 5.92 Å². The Hall–Kier alpha value is -1.99. The second-order valence-electron chi connectivity index (χ2n) is 7.77. The summed E-state index contributed by atoms with van der Waals surface area (Å²) in [5.74, 6) is -0.961. The number of nitrogens with one attached hydrogen (secondary N) is 1. The maximum absolute atomic E-state index is 12.6. The average molecular weight is 378 g/mol. The van der Waals surface area contributed by atoms with Crippen LogP contribution in [0.25, 0.3) is 0 Å². The van der Waals surface area contributed by atoms with Gasteiger partial charge >= 0.3 is 5.97 Å². The summed E-state index contributed by atoms with van der Waals surface area (Å²) in [6.45, 7) is 9.59. The van der Waals surface area contributed by atoms with Crippen molar-refractivity contribution in [2.45, 2.75) is 64.3 Å². The van der Waals surface area contributed by atoms with Crippen LogP contribution in [0, 0.1) is 16.0 Å². The van der Waals surface area contributed by atoms with Crippen molar-refractivity contribution in [2.75, 3.05) is 13.7 Å². The zero-order chi connectivity index (χ0) is 20.4. The average Bonchev–Trinajstić information content (AvgIpc) is 3.03. The van der Waals surface area contributed by atoms with Gasteiger partial charge in [-0.15, -0.1) is 0 Å². The Kier molecular flexibility index (Phi) is 6.59. The van der Waals surface area contributed by atoms with Gasteiger partial charge in [0.2, 0.25) is 6.04 Å². The van der Waals surface area contributed by atoms with Crippen LogP contribution in [0.3, 0.4) is 0 Å². The topological polar surface area (TPSA) is 90.7 Å². The van der Waals surface area contributed by atoms with E-state index in [0.717, 1.165) is 11.1 Å². The first kappa shape index (κ1) is 21.3. The van der Waals surface area contributed by atoms with Crippen LogP contribution in [-0.2, 0) is 14.3 Å². The number of methoxy groups -OCH3 is 1. The third kappa shape index (κ3) is 4.14. The SMILES string of the molecule is CCOC(=O)[C@H]1N[C@@H](c2ccccc2C(C)C)[C@@H]([N+](=O)[O-])[C@@H]1C(C)(C)OC. The van der Waals surface area contributed by atoms with E-state index in [1.54, 1.807) is 20.8 Å². The number of carbonyl (C=O) groups excluding carboxylic acids is 1. The van der Waals surface area contributed by atoms with Crippen LogP contribution in [0.5, 0.6) is 0 Å². The lowest BCUT2D eigenvalue weighted by molar-refractivity contribution is -0.536. The fourth-order valence-corrected chi connectivity index (χ4v) is 4.04. The zero-order valence-corrected chi connectivity index (χ0v) is 16.9. The van der Waals surface area contributed by atoms with Crippen molar-refractivity contribution in [3.8, 4) is 0 Å². The van der Waals surface area contributed by atoms with E-state index in [2.05, 4.69) is 5.32 Å². The molecule has 1 saturated heterocycles. The molecule has 4 atom stereocenters. The molecule has 0 spiro atoms. The summed E-state index contributed by atoms with van der Waals surface area (Å²) in [6, 6.07) is 5.23. The first-order chi connectivity index (χ1) is 12.7. The van der Waals surface area contributed by atoms with E-state index in [-0.39, 0.29) is 17.4 Å². The van der Waals surface area contributed by atoms with Gasteiger partial charge in [-0.2, -0.15) is 0 Å². The molecule has 1 aliphatic rings. The minimum atomic E-state index is -1.02. The largest absolute Gasteiger partial charge is 0.465 e. The fraction of sp³-hybridized carbons (Fsp3) is 0.650. The highest BCUT2D eigenvalue weighted by atomic mass is 16.6. The molecule has 1 aromatic rings. The summed E-state index contributed by atoms with van der Waals surface area (Å²) >= 11 is 0. The predicted molar refractivity (Wildman–Crippen MR) is 102 cm³/mol. The van der Waals surface area contributed by atoms with Crippen molar-refractivity contribution >= 4 is 5.97 Å². The number of carbonyl (C=O) groups is 1. The van der Waals surface area contributed by atoms with Gasteiger partial charge in [-0.05, 0) is 37.8 Å². The molecule has 7 heteroatoms. The standard InChI is InChI=1S/C20H30N2O5/c1-7-27-19(23)17-15(20(4,5)26-6)18(22(24)25)16(21-17)14-11-9-8-10-13(14)12(2)3/h8-12,15-18,21H,7H2,1-6H3/t15-,16+,17+,18+/m1/s1. The number of hydrogen-bond acceptors (Lipinski definition) is 6. The maximum atomic E-state index is 12.6. The number of nitro groups is 1. The van der Waals surface area contributed by atoms with Gasteiger partial charge in [0.05, 0.1) is 18.1 Å². The Labute approximate surface area is 160 Å². The minimum absolute atomic E-state index is 0.200. The van der Waals surface area contributed by atoms with Gasteiger partial charge in [-0.1, -0.05) is 38.1 Å². The molecule has 0 aromatic heterocycles. The third-order valence-electron chi connectivity index (χ3n) is 5.49. The summed E-state index contributed by atoms with van der Waals surface area (Å²) < 4.78 is 10.8. The van der Waals surface area contributed by atoms with E-state index >= 15 is 0 Å². The molecule has 150 valence electrons. The van der Waals surface area contributed by atoms with Gasteiger partial charge < -0.3 is 9.47 Å². The van der Waals surface area contributed by atoms with Gasteiger partial charge in [0, 0.05) is 12.0 Å². The number of esters is 1. The lowest BCUT2D eigenvalue weighted by atomic mass is 9.78. The predicted octanol–water partition coefficient (Wildman–Crippen LogP) is 3.07. The van der Waals surface area contributed by atoms with Crippen LogP contribution in [0.15, 0.2) is 24.3 Å². The number of ether oxygens (including phenoxy) is 2. The van der Waals surface area contributed by atoms with Gasteiger partial charge in [-0.25, -0.2) is 0 Å². The molecule has 2 rings (SSSR count). The lowest BCUT2D eigenvalue weighted by Crippen LogP contribution is -2.50. The van der Waals surface area contributed by atoms with Gasteiger partial charge in [0.15, 0.2) is 0 Å². The molecule has 0 unspecified atom stereocenters. The molecule has 1 heterocycles. The quantitative estimate of drug-likeness (QED) is 0.445. The summed E-state index contributed by atoms with van der Waals surface area (Å²) in [5, 5.41) is 15.3. The number of hydrogen-bond donors (Lipinski definition) is 1. The molecule has 0 amide bonds. The van der Waals surface area contributed by atoms with E-state index in [1.165, 1.54) is 7.11 Å². The highest BCUT2D eigenvalue weighted by Gasteiger charge is 2.60. The smallest absolute Gasteiger partial charge is 0.323 e. The molecule has 0 radical (unpaired) electrons. The molecule has 0 saturated carbocycles. The molecular formula is C20H30N2O5. The van der Waals surface area contributed by atoms with Crippen molar-refractivity contribution in [1.82, 2.24) is 5.32 Å². The van der Waals surface area contributed by atoms with E-state index in [4.69, 9.17) is 9.47 Å². The monoisotopic (exact) mass is 378 g/mol. The van der Waals surface area contributed by atoms with Gasteiger partial charge in [0.1, 0.15) is 12.1 Å². The molecule has 0 bridgehead atoms. The Morgan fingerprint density at radius 1 is 1.33 bits per heavy atom. The van der Waals surface area contributed by atoms with Crippen molar-refractivity contribution in [1.29, 1.82) is 0 Å². The molecule has 1 aromatic carbocycles. The lowest BCUT2D eigenvalue weighted by Gasteiger charge is -2.33. The Bertz CT molecular complexity index is 689. The molecule has 1 fully saturated rings. The van der Waals surface area contributed by atoms with Crippen LogP contribution in [0.4, 0.5) is 0 Å². The van der Waals surface area contributed by atoms with Crippen LogP contribution < -0.4 is 5.32 Å². The summed E-state index contributed by atoms with van der Waals surface area (Å²) in [6.07, 6.45) is 0. The van der Waals surface area contributed by atoms with Crippen LogP contribution >= 0.6 is 0 Å². The van der Waals surface area contributed by atoms with Crippen molar-refractivity contribution < 1.29 is 19.2 Å². The number of nitrogens with zero attached hydrogens (tertiary/aromatic N) is 1. The fourth-order valence-electron chi connectivity index (χ4n) is 4.04. The molecular weight excluding hydrogens is 348 g/mol. The zero-order valence-electron chi connectivity index (χ0n) is 16.9.